The Morgan fingerprint density at radius 2 is 2.12 bits per heavy atom. The summed E-state index contributed by atoms with van der Waals surface area (Å²) in [6.07, 6.45) is 3.12. The van der Waals surface area contributed by atoms with Crippen LogP contribution in [-0.4, -0.2) is 59.5 Å². The van der Waals surface area contributed by atoms with Gasteiger partial charge in [-0.05, 0) is 44.9 Å². The number of likely N-dealkylation sites (N-methyl/N-ethyl adjacent to an activating group) is 1. The number of carbonyl (C=O) groups is 2. The highest BCUT2D eigenvalue weighted by Gasteiger charge is 2.47. The number of rotatable bonds is 5. The summed E-state index contributed by atoms with van der Waals surface area (Å²) in [6.45, 7) is 1.29. The van der Waals surface area contributed by atoms with Gasteiger partial charge >= 0.3 is 5.97 Å². The Morgan fingerprint density at radius 1 is 1.35 bits per heavy atom. The van der Waals surface area contributed by atoms with Crippen molar-refractivity contribution in [3.05, 3.63) is 34.6 Å². The molecule has 7 heteroatoms. The minimum atomic E-state index is -0.840. The highest BCUT2D eigenvalue weighted by Crippen LogP contribution is 2.51. The van der Waals surface area contributed by atoms with E-state index in [0.717, 1.165) is 19.3 Å². The fourth-order valence-electron chi connectivity index (χ4n) is 3.97. The third-order valence-electron chi connectivity index (χ3n) is 5.50. The van der Waals surface area contributed by atoms with Crippen LogP contribution in [0.5, 0.6) is 0 Å². The summed E-state index contributed by atoms with van der Waals surface area (Å²) < 4.78 is 14.1. The van der Waals surface area contributed by atoms with Crippen molar-refractivity contribution in [2.45, 2.75) is 37.6 Å². The molecule has 142 valence electrons. The summed E-state index contributed by atoms with van der Waals surface area (Å²) in [7, 11) is 1.81. The number of halogens is 2. The van der Waals surface area contributed by atoms with Gasteiger partial charge in [0.2, 0.25) is 5.91 Å². The molecule has 1 saturated carbocycles. The van der Waals surface area contributed by atoms with Gasteiger partial charge in [0, 0.05) is 41.6 Å². The van der Waals surface area contributed by atoms with Crippen LogP contribution in [0.1, 0.15) is 37.2 Å². The number of carboxylic acid groups (broad SMARTS) is 1. The monoisotopic (exact) mass is 382 g/mol. The summed E-state index contributed by atoms with van der Waals surface area (Å²) in [4.78, 5) is 27.4. The molecule has 0 bridgehead atoms. The van der Waals surface area contributed by atoms with Gasteiger partial charge in [0.15, 0.2) is 0 Å². The number of carboxylic acids is 1. The van der Waals surface area contributed by atoms with Crippen LogP contribution >= 0.6 is 11.6 Å². The van der Waals surface area contributed by atoms with Crippen LogP contribution in [0.15, 0.2) is 18.2 Å². The molecule has 0 radical (unpaired) electrons. The smallest absolute Gasteiger partial charge is 0.317 e. The molecule has 1 N–H and O–H groups in total. The zero-order chi connectivity index (χ0) is 18.8. The van der Waals surface area contributed by atoms with Crippen molar-refractivity contribution < 1.29 is 19.1 Å². The zero-order valence-electron chi connectivity index (χ0n) is 14.8. The molecule has 5 nitrogen and oxygen atoms in total. The quantitative estimate of drug-likeness (QED) is 0.850. The summed E-state index contributed by atoms with van der Waals surface area (Å²) >= 11 is 6.12. The lowest BCUT2D eigenvalue weighted by atomic mass is 10.1. The number of nitrogens with zero attached hydrogens (tertiary/aromatic N) is 2. The molecule has 3 rings (SSSR count). The molecular formula is C19H24ClFN2O3. The molecule has 1 aromatic rings. The van der Waals surface area contributed by atoms with Gasteiger partial charge in [-0.15, -0.1) is 0 Å². The van der Waals surface area contributed by atoms with Crippen molar-refractivity contribution in [2.75, 3.05) is 26.7 Å². The number of aliphatic carboxylic acids is 1. The van der Waals surface area contributed by atoms with E-state index in [1.54, 1.807) is 12.1 Å². The third kappa shape index (κ3) is 4.18. The predicted molar refractivity (Wildman–Crippen MR) is 96.7 cm³/mol. The Morgan fingerprint density at radius 3 is 2.81 bits per heavy atom. The first-order valence-corrected chi connectivity index (χ1v) is 9.41. The first-order chi connectivity index (χ1) is 12.4. The largest absolute Gasteiger partial charge is 0.480 e. The molecule has 2 fully saturated rings. The number of hydrogen-bond acceptors (Lipinski definition) is 3. The van der Waals surface area contributed by atoms with E-state index in [-0.39, 0.29) is 36.1 Å². The first kappa shape index (κ1) is 19.1. The van der Waals surface area contributed by atoms with Crippen LogP contribution in [0.3, 0.4) is 0 Å². The molecule has 1 aliphatic carbocycles. The molecule has 1 amide bonds. The van der Waals surface area contributed by atoms with E-state index in [4.69, 9.17) is 16.7 Å². The van der Waals surface area contributed by atoms with E-state index >= 15 is 0 Å². The van der Waals surface area contributed by atoms with Crippen LogP contribution in [0, 0.1) is 11.7 Å². The second-order valence-electron chi connectivity index (χ2n) is 7.30. The molecule has 3 unspecified atom stereocenters. The lowest BCUT2D eigenvalue weighted by molar-refractivity contribution is -0.138. The zero-order valence-corrected chi connectivity index (χ0v) is 15.6. The molecule has 0 aromatic heterocycles. The van der Waals surface area contributed by atoms with Gasteiger partial charge in [-0.2, -0.15) is 0 Å². The van der Waals surface area contributed by atoms with Crippen molar-refractivity contribution >= 4 is 23.5 Å². The van der Waals surface area contributed by atoms with Gasteiger partial charge in [-0.25, -0.2) is 4.39 Å². The second kappa shape index (κ2) is 7.92. The van der Waals surface area contributed by atoms with Crippen molar-refractivity contribution in [3.8, 4) is 0 Å². The molecule has 3 atom stereocenters. The maximum atomic E-state index is 14.1. The normalized spacial score (nSPS) is 25.8. The predicted octanol–water partition coefficient (Wildman–Crippen LogP) is 2.98. The van der Waals surface area contributed by atoms with Crippen molar-refractivity contribution in [2.24, 2.45) is 5.92 Å². The van der Waals surface area contributed by atoms with E-state index in [9.17, 15) is 14.0 Å². The van der Waals surface area contributed by atoms with Crippen LogP contribution in [0.4, 0.5) is 4.39 Å². The number of carbonyl (C=O) groups excluding carboxylic acids is 1. The molecule has 0 spiro atoms. The van der Waals surface area contributed by atoms with Gasteiger partial charge in [0.25, 0.3) is 0 Å². The number of amides is 1. The maximum Gasteiger partial charge on any atom is 0.317 e. The Kier molecular flexibility index (Phi) is 5.82. The molecule has 2 aliphatic rings. The minimum Gasteiger partial charge on any atom is -0.480 e. The maximum absolute atomic E-state index is 14.1. The van der Waals surface area contributed by atoms with Gasteiger partial charge in [-0.1, -0.05) is 17.7 Å². The molecule has 26 heavy (non-hydrogen) atoms. The lowest BCUT2D eigenvalue weighted by Gasteiger charge is -2.25. The highest BCUT2D eigenvalue weighted by atomic mass is 35.5. The minimum absolute atomic E-state index is 0.00902. The number of hydrogen-bond donors (Lipinski definition) is 1. The van der Waals surface area contributed by atoms with E-state index in [2.05, 4.69) is 0 Å². The van der Waals surface area contributed by atoms with Crippen LogP contribution in [0.25, 0.3) is 0 Å². The highest BCUT2D eigenvalue weighted by molar-refractivity contribution is 6.31. The third-order valence-corrected chi connectivity index (χ3v) is 5.83. The summed E-state index contributed by atoms with van der Waals surface area (Å²) in [5.74, 6) is -1.45. The van der Waals surface area contributed by atoms with Gasteiger partial charge in [-0.3, -0.25) is 14.5 Å². The lowest BCUT2D eigenvalue weighted by Crippen LogP contribution is -2.37. The molecule has 1 saturated heterocycles. The molecule has 1 aromatic carbocycles. The SMILES string of the molecule is CN(CC(=O)O)C1CCCN(C(=O)C2CC2c2c(F)cccc2Cl)CC1. The molecule has 1 heterocycles. The van der Waals surface area contributed by atoms with Crippen LogP contribution < -0.4 is 0 Å². The van der Waals surface area contributed by atoms with Gasteiger partial charge < -0.3 is 10.0 Å². The fourth-order valence-corrected chi connectivity index (χ4v) is 4.27. The first-order valence-electron chi connectivity index (χ1n) is 9.03. The van der Waals surface area contributed by atoms with E-state index < -0.39 is 5.97 Å². The summed E-state index contributed by atoms with van der Waals surface area (Å²) in [5.41, 5.74) is 0.460. The Labute approximate surface area is 157 Å². The average Bonchev–Trinajstić information content (AvgIpc) is 3.36. The Hall–Kier alpha value is -1.66. The van der Waals surface area contributed by atoms with Crippen molar-refractivity contribution in [1.29, 1.82) is 0 Å². The Bertz CT molecular complexity index is 679. The van der Waals surface area contributed by atoms with Crippen LogP contribution in [0.2, 0.25) is 5.02 Å². The molecule has 1 aliphatic heterocycles. The molecular weight excluding hydrogens is 359 g/mol. The number of benzene rings is 1. The van der Waals surface area contributed by atoms with Crippen molar-refractivity contribution in [3.63, 3.8) is 0 Å². The summed E-state index contributed by atoms with van der Waals surface area (Å²) in [5, 5.41) is 9.33. The average molecular weight is 383 g/mol. The van der Waals surface area contributed by atoms with E-state index in [0.29, 0.717) is 30.1 Å². The number of likely N-dealkylation sites (tertiary alicyclic amines) is 1. The second-order valence-corrected chi connectivity index (χ2v) is 7.71. The Balaban J connectivity index is 1.59. The fraction of sp³-hybridized carbons (Fsp3) is 0.579. The van der Waals surface area contributed by atoms with Gasteiger partial charge in [0.1, 0.15) is 5.82 Å². The standard InChI is InChI=1S/C19H24ClFN2O3/c1-22(11-17(24)25)12-4-3-8-23(9-7-12)19(26)14-10-13(14)18-15(20)5-2-6-16(18)21/h2,5-6,12-14H,3-4,7-11H2,1H3,(H,24,25). The van der Waals surface area contributed by atoms with E-state index in [1.165, 1.54) is 6.07 Å². The van der Waals surface area contributed by atoms with E-state index in [1.807, 2.05) is 16.8 Å². The van der Waals surface area contributed by atoms with Gasteiger partial charge in [0.05, 0.1) is 6.54 Å². The topological polar surface area (TPSA) is 60.9 Å². The summed E-state index contributed by atoms with van der Waals surface area (Å²) in [6, 6.07) is 4.79. The van der Waals surface area contributed by atoms with Crippen LogP contribution in [-0.2, 0) is 9.59 Å². The van der Waals surface area contributed by atoms with Crippen molar-refractivity contribution in [1.82, 2.24) is 9.80 Å².